The first-order valence-electron chi connectivity index (χ1n) is 10.6. The number of aryl methyl sites for hydroxylation is 3. The second-order valence-electron chi connectivity index (χ2n) is 8.57. The van der Waals surface area contributed by atoms with Crippen LogP contribution in [0.4, 0.5) is 0 Å². The predicted molar refractivity (Wildman–Crippen MR) is 120 cm³/mol. The zero-order chi connectivity index (χ0) is 23.1. The zero-order valence-corrected chi connectivity index (χ0v) is 19.2. The topological polar surface area (TPSA) is 94.8 Å². The molecule has 1 fully saturated rings. The highest BCUT2D eigenvalue weighted by Gasteiger charge is 2.54. The van der Waals surface area contributed by atoms with Crippen molar-refractivity contribution in [3.63, 3.8) is 0 Å². The number of carbonyl (C=O) groups is 1. The van der Waals surface area contributed by atoms with E-state index in [1.165, 1.54) is 10.5 Å². The third-order valence-electron chi connectivity index (χ3n) is 6.16. The van der Waals surface area contributed by atoms with E-state index in [2.05, 4.69) is 4.98 Å². The molecule has 32 heavy (non-hydrogen) atoms. The lowest BCUT2D eigenvalue weighted by molar-refractivity contribution is -0.148. The third-order valence-corrected chi connectivity index (χ3v) is 8.78. The average molecular weight is 455 g/mol. The SMILES string of the molecule is Cc1ccc(C)c(S(=O)(=O)C2(C(=O)OCc3cc(=O)n4ccc(C)cc4n3)CCCC2)c1. The minimum atomic E-state index is -3.97. The number of ether oxygens (including phenoxy) is 1. The maximum atomic E-state index is 13.7. The molecule has 0 N–H and O–H groups in total. The summed E-state index contributed by atoms with van der Waals surface area (Å²) in [6.45, 7) is 5.18. The van der Waals surface area contributed by atoms with Crippen molar-refractivity contribution in [3.8, 4) is 0 Å². The van der Waals surface area contributed by atoms with Crippen molar-refractivity contribution in [3.05, 3.63) is 75.3 Å². The number of pyridine rings is 1. The normalized spacial score (nSPS) is 15.7. The van der Waals surface area contributed by atoms with Crippen molar-refractivity contribution in [2.24, 2.45) is 0 Å². The molecule has 7 nitrogen and oxygen atoms in total. The molecule has 2 aromatic heterocycles. The monoisotopic (exact) mass is 454 g/mol. The molecule has 1 aliphatic rings. The standard InChI is InChI=1S/C24H26N2O5S/c1-16-6-7-18(3)20(12-16)32(29,30)24(9-4-5-10-24)23(28)31-15-19-14-22(27)26-11-8-17(2)13-21(26)25-19/h6-8,11-14H,4-5,9-10,15H2,1-3H3. The number of aromatic nitrogens is 2. The summed E-state index contributed by atoms with van der Waals surface area (Å²) in [5, 5.41) is 0. The fourth-order valence-corrected chi connectivity index (χ4v) is 6.69. The lowest BCUT2D eigenvalue weighted by Crippen LogP contribution is -2.45. The molecule has 0 radical (unpaired) electrons. The van der Waals surface area contributed by atoms with E-state index in [0.29, 0.717) is 24.1 Å². The van der Waals surface area contributed by atoms with Crippen LogP contribution in [0.25, 0.3) is 5.65 Å². The molecule has 1 saturated carbocycles. The van der Waals surface area contributed by atoms with E-state index in [1.807, 2.05) is 19.9 Å². The van der Waals surface area contributed by atoms with Gasteiger partial charge in [-0.25, -0.2) is 13.4 Å². The number of rotatable bonds is 5. The minimum absolute atomic E-state index is 0.175. The Morgan fingerprint density at radius 3 is 2.47 bits per heavy atom. The molecule has 1 aliphatic carbocycles. The Hall–Kier alpha value is -3.00. The molecule has 2 heterocycles. The van der Waals surface area contributed by atoms with E-state index < -0.39 is 20.6 Å². The lowest BCUT2D eigenvalue weighted by Gasteiger charge is -2.27. The van der Waals surface area contributed by atoms with E-state index in [-0.39, 0.29) is 35.6 Å². The van der Waals surface area contributed by atoms with Gasteiger partial charge in [-0.15, -0.1) is 0 Å². The van der Waals surface area contributed by atoms with Crippen molar-refractivity contribution in [2.45, 2.75) is 62.7 Å². The number of hydrogen-bond acceptors (Lipinski definition) is 6. The first kappa shape index (κ1) is 22.2. The number of fused-ring (bicyclic) bond motifs is 1. The van der Waals surface area contributed by atoms with Gasteiger partial charge in [0, 0.05) is 12.3 Å². The summed E-state index contributed by atoms with van der Waals surface area (Å²) < 4.78 is 32.6. The Morgan fingerprint density at radius 1 is 1.06 bits per heavy atom. The van der Waals surface area contributed by atoms with Crippen LogP contribution in [0.3, 0.4) is 0 Å². The van der Waals surface area contributed by atoms with Gasteiger partial charge in [-0.1, -0.05) is 25.0 Å². The molecule has 0 spiro atoms. The van der Waals surface area contributed by atoms with Gasteiger partial charge in [0.1, 0.15) is 12.3 Å². The van der Waals surface area contributed by atoms with Gasteiger partial charge in [0.25, 0.3) is 5.56 Å². The van der Waals surface area contributed by atoms with E-state index in [9.17, 15) is 18.0 Å². The summed E-state index contributed by atoms with van der Waals surface area (Å²) in [6.07, 6.45) is 3.34. The van der Waals surface area contributed by atoms with Gasteiger partial charge in [0.15, 0.2) is 14.6 Å². The van der Waals surface area contributed by atoms with Crippen molar-refractivity contribution in [1.82, 2.24) is 9.38 Å². The summed E-state index contributed by atoms with van der Waals surface area (Å²) in [4.78, 5) is 30.2. The quantitative estimate of drug-likeness (QED) is 0.548. The van der Waals surface area contributed by atoms with Crippen LogP contribution in [0.1, 0.15) is 48.1 Å². The van der Waals surface area contributed by atoms with Crippen molar-refractivity contribution in [1.29, 1.82) is 0 Å². The third kappa shape index (κ3) is 3.72. The van der Waals surface area contributed by atoms with Gasteiger partial charge in [0.2, 0.25) is 0 Å². The lowest BCUT2D eigenvalue weighted by atomic mass is 10.1. The Labute approximate surface area is 187 Å². The summed E-state index contributed by atoms with van der Waals surface area (Å²) in [5.41, 5.74) is 2.80. The number of carbonyl (C=O) groups excluding carboxylic acids is 1. The smallest absolute Gasteiger partial charge is 0.328 e. The Bertz CT molecular complexity index is 1370. The molecule has 3 aromatic rings. The van der Waals surface area contributed by atoms with E-state index in [0.717, 1.165) is 11.1 Å². The van der Waals surface area contributed by atoms with Crippen LogP contribution in [0.2, 0.25) is 0 Å². The molecule has 0 amide bonds. The number of hydrogen-bond donors (Lipinski definition) is 0. The van der Waals surface area contributed by atoms with Crippen molar-refractivity contribution < 1.29 is 17.9 Å². The molecular weight excluding hydrogens is 428 g/mol. The second kappa shape index (κ2) is 8.16. The number of benzene rings is 1. The number of nitrogens with zero attached hydrogens (tertiary/aromatic N) is 2. The summed E-state index contributed by atoms with van der Waals surface area (Å²) in [7, 11) is -3.97. The van der Waals surface area contributed by atoms with E-state index in [1.54, 1.807) is 37.4 Å². The first-order valence-corrected chi connectivity index (χ1v) is 12.1. The van der Waals surface area contributed by atoms with Gasteiger partial charge in [0.05, 0.1) is 10.6 Å². The maximum Gasteiger partial charge on any atom is 0.328 e. The number of sulfone groups is 1. The van der Waals surface area contributed by atoms with Crippen molar-refractivity contribution >= 4 is 21.5 Å². The molecule has 0 atom stereocenters. The van der Waals surface area contributed by atoms with Gasteiger partial charge in [-0.3, -0.25) is 14.0 Å². The molecule has 8 heteroatoms. The fourth-order valence-electron chi connectivity index (χ4n) is 4.33. The molecule has 1 aromatic carbocycles. The molecule has 0 bridgehead atoms. The largest absolute Gasteiger partial charge is 0.458 e. The van der Waals surface area contributed by atoms with Crippen LogP contribution in [-0.2, 0) is 26.0 Å². The minimum Gasteiger partial charge on any atom is -0.458 e. The summed E-state index contributed by atoms with van der Waals surface area (Å²) in [6, 6.07) is 10.1. The highest BCUT2D eigenvalue weighted by Crippen LogP contribution is 2.42. The summed E-state index contributed by atoms with van der Waals surface area (Å²) >= 11 is 0. The highest BCUT2D eigenvalue weighted by molar-refractivity contribution is 7.93. The second-order valence-corrected chi connectivity index (χ2v) is 10.8. The zero-order valence-electron chi connectivity index (χ0n) is 18.4. The first-order chi connectivity index (χ1) is 15.1. The van der Waals surface area contributed by atoms with Gasteiger partial charge < -0.3 is 4.74 Å². The van der Waals surface area contributed by atoms with Crippen LogP contribution in [0, 0.1) is 20.8 Å². The molecule has 4 rings (SSSR count). The Morgan fingerprint density at radius 2 is 1.75 bits per heavy atom. The van der Waals surface area contributed by atoms with E-state index in [4.69, 9.17) is 4.74 Å². The average Bonchev–Trinajstić information content (AvgIpc) is 3.25. The molecule has 0 aliphatic heterocycles. The van der Waals surface area contributed by atoms with Crippen LogP contribution in [0.15, 0.2) is 52.3 Å². The van der Waals surface area contributed by atoms with Crippen LogP contribution >= 0.6 is 0 Å². The Balaban J connectivity index is 1.65. The van der Waals surface area contributed by atoms with Gasteiger partial charge in [-0.05, 0) is 68.5 Å². The van der Waals surface area contributed by atoms with Crippen molar-refractivity contribution in [2.75, 3.05) is 0 Å². The molecule has 0 unspecified atom stereocenters. The Kier molecular flexibility index (Phi) is 5.67. The number of esters is 1. The maximum absolute atomic E-state index is 13.7. The van der Waals surface area contributed by atoms with Crippen LogP contribution in [0.5, 0.6) is 0 Å². The van der Waals surface area contributed by atoms with Gasteiger partial charge in [-0.2, -0.15) is 0 Å². The highest BCUT2D eigenvalue weighted by atomic mass is 32.2. The fraction of sp³-hybridized carbons (Fsp3) is 0.375. The molecular formula is C24H26N2O5S. The molecule has 0 saturated heterocycles. The molecule has 168 valence electrons. The van der Waals surface area contributed by atoms with Crippen LogP contribution in [-0.4, -0.2) is 28.5 Å². The van der Waals surface area contributed by atoms with E-state index >= 15 is 0 Å². The predicted octanol–water partition coefficient (Wildman–Crippen LogP) is 3.45. The summed E-state index contributed by atoms with van der Waals surface area (Å²) in [5.74, 6) is -0.776. The van der Waals surface area contributed by atoms with Gasteiger partial charge >= 0.3 is 5.97 Å². The van der Waals surface area contributed by atoms with Crippen LogP contribution < -0.4 is 5.56 Å².